The second kappa shape index (κ2) is 9.29. The molecule has 3 heterocycles. The zero-order chi connectivity index (χ0) is 19.9. The zero-order valence-electron chi connectivity index (χ0n) is 16.1. The third-order valence-corrected chi connectivity index (χ3v) is 4.78. The van der Waals surface area contributed by atoms with Crippen molar-refractivity contribution in [2.45, 2.75) is 25.6 Å². The Bertz CT molecular complexity index is 892. The molecule has 2 aromatic heterocycles. The van der Waals surface area contributed by atoms with Crippen LogP contribution in [0.3, 0.4) is 0 Å². The second-order valence-electron chi connectivity index (χ2n) is 6.86. The van der Waals surface area contributed by atoms with E-state index in [9.17, 15) is 4.79 Å². The molecule has 0 atom stereocenters. The highest BCUT2D eigenvalue weighted by atomic mass is 16.5. The Balaban J connectivity index is 1.19. The average Bonchev–Trinajstić information content (AvgIpc) is 3.30. The van der Waals surface area contributed by atoms with Gasteiger partial charge in [0.05, 0.1) is 6.61 Å². The first kappa shape index (κ1) is 19.1. The highest BCUT2D eigenvalue weighted by Gasteiger charge is 2.24. The monoisotopic (exact) mass is 393 g/mol. The number of likely N-dealkylation sites (tertiary alicyclic amines) is 1. The fourth-order valence-corrected chi connectivity index (χ4v) is 3.22. The van der Waals surface area contributed by atoms with E-state index in [2.05, 4.69) is 15.3 Å². The van der Waals surface area contributed by atoms with E-state index in [1.54, 1.807) is 23.1 Å². The number of rotatable bonds is 7. The van der Waals surface area contributed by atoms with Crippen molar-refractivity contribution in [2.24, 2.45) is 0 Å². The minimum absolute atomic E-state index is 0.0164. The maximum absolute atomic E-state index is 12.3. The predicted octanol–water partition coefficient (Wildman–Crippen LogP) is 2.25. The van der Waals surface area contributed by atoms with Crippen LogP contribution in [0.4, 0.5) is 0 Å². The first-order chi connectivity index (χ1) is 14.3. The van der Waals surface area contributed by atoms with Gasteiger partial charge in [0, 0.05) is 44.4 Å². The maximum Gasteiger partial charge on any atom is 0.248 e. The third-order valence-electron chi connectivity index (χ3n) is 4.78. The van der Waals surface area contributed by atoms with E-state index in [0.29, 0.717) is 31.4 Å². The molecule has 1 fully saturated rings. The van der Waals surface area contributed by atoms with E-state index < -0.39 is 0 Å². The normalized spacial score (nSPS) is 14.7. The fraction of sp³-hybridized carbons (Fsp3) is 0.333. The fourth-order valence-electron chi connectivity index (χ4n) is 3.22. The molecule has 1 aliphatic heterocycles. The first-order valence-corrected chi connectivity index (χ1v) is 9.68. The van der Waals surface area contributed by atoms with Crippen LogP contribution in [0, 0.1) is 0 Å². The van der Waals surface area contributed by atoms with Crippen molar-refractivity contribution < 1.29 is 14.3 Å². The molecule has 1 aliphatic rings. The molecule has 4 rings (SSSR count). The Morgan fingerprint density at radius 3 is 2.55 bits per heavy atom. The molecular weight excluding hydrogens is 370 g/mol. The SMILES string of the molecule is O=C(COCc1ccccc1)N1CCC(Oc2ccc(-n3cccn3)nn2)CC1. The zero-order valence-corrected chi connectivity index (χ0v) is 16.1. The summed E-state index contributed by atoms with van der Waals surface area (Å²) in [6.45, 7) is 1.84. The van der Waals surface area contributed by atoms with Crippen LogP contribution < -0.4 is 4.74 Å². The summed E-state index contributed by atoms with van der Waals surface area (Å²) < 4.78 is 13.1. The van der Waals surface area contributed by atoms with Crippen molar-refractivity contribution in [3.8, 4) is 11.7 Å². The summed E-state index contributed by atoms with van der Waals surface area (Å²) in [6, 6.07) is 15.3. The smallest absolute Gasteiger partial charge is 0.248 e. The molecule has 0 spiro atoms. The summed E-state index contributed by atoms with van der Waals surface area (Å²) in [5.74, 6) is 1.14. The maximum atomic E-state index is 12.3. The molecule has 0 saturated carbocycles. The molecular formula is C21H23N5O3. The number of piperidine rings is 1. The largest absolute Gasteiger partial charge is 0.473 e. The van der Waals surface area contributed by atoms with Crippen LogP contribution in [0.2, 0.25) is 0 Å². The highest BCUT2D eigenvalue weighted by Crippen LogP contribution is 2.17. The van der Waals surface area contributed by atoms with Gasteiger partial charge in [-0.2, -0.15) is 5.10 Å². The van der Waals surface area contributed by atoms with Crippen LogP contribution in [0.25, 0.3) is 5.82 Å². The van der Waals surface area contributed by atoms with E-state index in [1.807, 2.05) is 47.4 Å². The van der Waals surface area contributed by atoms with Crippen molar-refractivity contribution >= 4 is 5.91 Å². The van der Waals surface area contributed by atoms with E-state index in [0.717, 1.165) is 18.4 Å². The number of ether oxygens (including phenoxy) is 2. The van der Waals surface area contributed by atoms with E-state index in [4.69, 9.17) is 9.47 Å². The number of hydrogen-bond acceptors (Lipinski definition) is 6. The Hall–Kier alpha value is -3.26. The van der Waals surface area contributed by atoms with Crippen LogP contribution in [0.5, 0.6) is 5.88 Å². The van der Waals surface area contributed by atoms with Gasteiger partial charge in [-0.05, 0) is 17.7 Å². The quantitative estimate of drug-likeness (QED) is 0.612. The molecule has 29 heavy (non-hydrogen) atoms. The van der Waals surface area contributed by atoms with Crippen molar-refractivity contribution in [1.29, 1.82) is 0 Å². The second-order valence-corrected chi connectivity index (χ2v) is 6.86. The lowest BCUT2D eigenvalue weighted by molar-refractivity contribution is -0.138. The summed E-state index contributed by atoms with van der Waals surface area (Å²) in [5, 5.41) is 12.4. The molecule has 0 aliphatic carbocycles. The van der Waals surface area contributed by atoms with Gasteiger partial charge in [0.25, 0.3) is 0 Å². The highest BCUT2D eigenvalue weighted by molar-refractivity contribution is 5.77. The summed E-state index contributed by atoms with van der Waals surface area (Å²) in [5.41, 5.74) is 1.06. The van der Waals surface area contributed by atoms with Crippen molar-refractivity contribution in [3.63, 3.8) is 0 Å². The van der Waals surface area contributed by atoms with Gasteiger partial charge in [-0.15, -0.1) is 10.2 Å². The van der Waals surface area contributed by atoms with Gasteiger partial charge < -0.3 is 14.4 Å². The van der Waals surface area contributed by atoms with Crippen LogP contribution in [0.15, 0.2) is 60.9 Å². The van der Waals surface area contributed by atoms with Gasteiger partial charge in [-0.3, -0.25) is 4.79 Å². The van der Waals surface area contributed by atoms with Gasteiger partial charge in [0.1, 0.15) is 12.7 Å². The molecule has 0 bridgehead atoms. The molecule has 8 heteroatoms. The Morgan fingerprint density at radius 1 is 1.03 bits per heavy atom. The standard InChI is InChI=1S/C21H23N5O3/c27-21(16-28-15-17-5-2-1-3-6-17)25-13-9-18(10-14-25)29-20-8-7-19(23-24-20)26-12-4-11-22-26/h1-8,11-12,18H,9-10,13-16H2. The summed E-state index contributed by atoms with van der Waals surface area (Å²) in [7, 11) is 0. The molecule has 8 nitrogen and oxygen atoms in total. The summed E-state index contributed by atoms with van der Waals surface area (Å²) in [6.07, 6.45) is 5.03. The van der Waals surface area contributed by atoms with Gasteiger partial charge in [0.15, 0.2) is 5.82 Å². The van der Waals surface area contributed by atoms with E-state index in [-0.39, 0.29) is 18.6 Å². The number of hydrogen-bond donors (Lipinski definition) is 0. The molecule has 1 saturated heterocycles. The van der Waals surface area contributed by atoms with Gasteiger partial charge in [-0.1, -0.05) is 30.3 Å². The van der Waals surface area contributed by atoms with Gasteiger partial charge >= 0.3 is 0 Å². The minimum Gasteiger partial charge on any atom is -0.473 e. The number of carbonyl (C=O) groups is 1. The van der Waals surface area contributed by atoms with Crippen LogP contribution in [0.1, 0.15) is 18.4 Å². The lowest BCUT2D eigenvalue weighted by Gasteiger charge is -2.31. The topological polar surface area (TPSA) is 82.4 Å². The minimum atomic E-state index is 0.0164. The van der Waals surface area contributed by atoms with Crippen molar-refractivity contribution in [2.75, 3.05) is 19.7 Å². The van der Waals surface area contributed by atoms with Gasteiger partial charge in [-0.25, -0.2) is 4.68 Å². The molecule has 0 radical (unpaired) electrons. The summed E-state index contributed by atoms with van der Waals surface area (Å²) in [4.78, 5) is 14.2. The number of benzene rings is 1. The lowest BCUT2D eigenvalue weighted by atomic mass is 10.1. The van der Waals surface area contributed by atoms with E-state index in [1.165, 1.54) is 0 Å². The van der Waals surface area contributed by atoms with Crippen LogP contribution in [-0.4, -0.2) is 56.6 Å². The lowest BCUT2D eigenvalue weighted by Crippen LogP contribution is -2.43. The predicted molar refractivity (Wildman–Crippen MR) is 105 cm³/mol. The first-order valence-electron chi connectivity index (χ1n) is 9.68. The number of amides is 1. The van der Waals surface area contributed by atoms with Crippen LogP contribution in [-0.2, 0) is 16.1 Å². The average molecular weight is 393 g/mol. The summed E-state index contributed by atoms with van der Waals surface area (Å²) >= 11 is 0. The number of nitrogens with zero attached hydrogens (tertiary/aromatic N) is 5. The molecule has 1 aromatic carbocycles. The Kier molecular flexibility index (Phi) is 6.11. The molecule has 0 N–H and O–H groups in total. The Labute approximate surface area is 169 Å². The number of carbonyl (C=O) groups excluding carboxylic acids is 1. The molecule has 3 aromatic rings. The van der Waals surface area contributed by atoms with Crippen LogP contribution >= 0.6 is 0 Å². The van der Waals surface area contributed by atoms with Gasteiger partial charge in [0.2, 0.25) is 11.8 Å². The molecule has 0 unspecified atom stereocenters. The Morgan fingerprint density at radius 2 is 1.86 bits per heavy atom. The molecule has 150 valence electrons. The van der Waals surface area contributed by atoms with E-state index >= 15 is 0 Å². The number of aromatic nitrogens is 4. The third kappa shape index (κ3) is 5.17. The van der Waals surface area contributed by atoms with Crippen molar-refractivity contribution in [1.82, 2.24) is 24.9 Å². The van der Waals surface area contributed by atoms with Crippen molar-refractivity contribution in [3.05, 3.63) is 66.5 Å². The molecule has 1 amide bonds.